The Kier molecular flexibility index (Phi) is 7.71. The number of benzene rings is 4. The number of nitrogens with zero attached hydrogens (tertiary/aromatic N) is 4. The summed E-state index contributed by atoms with van der Waals surface area (Å²) < 4.78 is 10.9. The van der Waals surface area contributed by atoms with Crippen LogP contribution in [0.2, 0.25) is 0 Å². The maximum atomic E-state index is 6.57. The van der Waals surface area contributed by atoms with Gasteiger partial charge in [0.15, 0.2) is 0 Å². The molecular formula is C42H42N4O. The summed E-state index contributed by atoms with van der Waals surface area (Å²) in [7, 11) is 0. The molecule has 5 nitrogen and oxygen atoms in total. The van der Waals surface area contributed by atoms with E-state index in [1.165, 1.54) is 38.6 Å². The normalized spacial score (nSPS) is 11.9. The summed E-state index contributed by atoms with van der Waals surface area (Å²) in [4.78, 5) is 4.83. The van der Waals surface area contributed by atoms with Crippen molar-refractivity contribution in [1.82, 2.24) is 19.3 Å². The summed E-state index contributed by atoms with van der Waals surface area (Å²) >= 11 is 0. The average Bonchev–Trinajstić information content (AvgIpc) is 3.56. The molecule has 0 bridgehead atoms. The predicted molar refractivity (Wildman–Crippen MR) is 195 cm³/mol. The van der Waals surface area contributed by atoms with Crippen LogP contribution in [0.15, 0.2) is 103 Å². The van der Waals surface area contributed by atoms with Gasteiger partial charge in [-0.15, -0.1) is 0 Å². The highest BCUT2D eigenvalue weighted by atomic mass is 16.5. The Labute approximate surface area is 277 Å². The monoisotopic (exact) mass is 618 g/mol. The van der Waals surface area contributed by atoms with Crippen LogP contribution < -0.4 is 4.74 Å². The second-order valence-corrected chi connectivity index (χ2v) is 13.4. The fourth-order valence-corrected chi connectivity index (χ4v) is 6.90. The molecule has 0 unspecified atom stereocenters. The van der Waals surface area contributed by atoms with Crippen LogP contribution >= 0.6 is 0 Å². The van der Waals surface area contributed by atoms with E-state index in [0.29, 0.717) is 0 Å². The number of para-hydroxylation sites is 1. The van der Waals surface area contributed by atoms with E-state index in [1.807, 2.05) is 18.3 Å². The molecule has 3 heterocycles. The van der Waals surface area contributed by atoms with Crippen molar-refractivity contribution in [3.8, 4) is 34.1 Å². The van der Waals surface area contributed by atoms with Crippen molar-refractivity contribution in [2.45, 2.75) is 66.7 Å². The maximum absolute atomic E-state index is 6.57. The number of rotatable bonds is 7. The van der Waals surface area contributed by atoms with Gasteiger partial charge in [-0.05, 0) is 96.8 Å². The lowest BCUT2D eigenvalue weighted by molar-refractivity contribution is 0.482. The van der Waals surface area contributed by atoms with Crippen molar-refractivity contribution in [1.29, 1.82) is 0 Å². The van der Waals surface area contributed by atoms with Gasteiger partial charge in [-0.1, -0.05) is 77.1 Å². The number of aryl methyl sites for hydroxylation is 3. The summed E-state index contributed by atoms with van der Waals surface area (Å²) in [6.45, 7) is 15.4. The molecule has 0 aliphatic heterocycles. The number of fused-ring (bicyclic) bond motifs is 3. The van der Waals surface area contributed by atoms with Gasteiger partial charge in [0.1, 0.15) is 17.3 Å². The number of ether oxygens (including phenoxy) is 1. The molecule has 0 aliphatic carbocycles. The first-order valence-electron chi connectivity index (χ1n) is 16.6. The molecule has 0 saturated carbocycles. The first-order valence-corrected chi connectivity index (χ1v) is 16.6. The van der Waals surface area contributed by atoms with Crippen LogP contribution in [0.5, 0.6) is 11.5 Å². The standard InChI is InChI=1S/C42H42N4O/c1-8-29-14-12-15-30(9-2)41(29)40-27(3)44-46(28(40)4)32-16-13-17-33(25-32)47-34-20-21-36-35-18-10-11-19-37(35)45(38(36)26-34)39-24-31(22-23-43-39)42(5,6)7/h10-26H,8-9H2,1-7H3. The van der Waals surface area contributed by atoms with E-state index >= 15 is 0 Å². The zero-order valence-electron chi connectivity index (χ0n) is 28.4. The fraction of sp³-hybridized carbons (Fsp3) is 0.238. The van der Waals surface area contributed by atoms with E-state index in [9.17, 15) is 0 Å². The molecule has 7 rings (SSSR count). The van der Waals surface area contributed by atoms with Gasteiger partial charge in [0.05, 0.1) is 22.4 Å². The van der Waals surface area contributed by atoms with Gasteiger partial charge in [0.2, 0.25) is 0 Å². The minimum atomic E-state index is 0.0135. The summed E-state index contributed by atoms with van der Waals surface area (Å²) in [5.74, 6) is 2.43. The van der Waals surface area contributed by atoms with Crippen molar-refractivity contribution in [2.24, 2.45) is 0 Å². The minimum absolute atomic E-state index is 0.0135. The molecule has 0 saturated heterocycles. The zero-order valence-corrected chi connectivity index (χ0v) is 28.4. The zero-order chi connectivity index (χ0) is 32.9. The van der Waals surface area contributed by atoms with Crippen molar-refractivity contribution in [2.75, 3.05) is 0 Å². The summed E-state index contributed by atoms with van der Waals surface area (Å²) in [5, 5.41) is 7.40. The van der Waals surface area contributed by atoms with Gasteiger partial charge in [-0.25, -0.2) is 9.67 Å². The summed E-state index contributed by atoms with van der Waals surface area (Å²) in [6.07, 6.45) is 3.88. The van der Waals surface area contributed by atoms with E-state index < -0.39 is 0 Å². The van der Waals surface area contributed by atoms with Crippen LogP contribution in [-0.2, 0) is 18.3 Å². The Balaban J connectivity index is 1.29. The molecule has 7 aromatic rings. The maximum Gasteiger partial charge on any atom is 0.137 e. The van der Waals surface area contributed by atoms with Gasteiger partial charge in [0, 0.05) is 40.4 Å². The van der Waals surface area contributed by atoms with Crippen LogP contribution in [0.4, 0.5) is 0 Å². The van der Waals surface area contributed by atoms with E-state index in [1.54, 1.807) is 0 Å². The highest BCUT2D eigenvalue weighted by Gasteiger charge is 2.21. The van der Waals surface area contributed by atoms with E-state index in [-0.39, 0.29) is 5.41 Å². The van der Waals surface area contributed by atoms with Crippen LogP contribution in [0.3, 0.4) is 0 Å². The first kappa shape index (κ1) is 30.5. The third-order valence-corrected chi connectivity index (χ3v) is 9.32. The molecule has 0 spiro atoms. The highest BCUT2D eigenvalue weighted by Crippen LogP contribution is 2.38. The SMILES string of the molecule is CCc1cccc(CC)c1-c1c(C)nn(-c2cccc(Oc3ccc4c5ccccc5n(-c5cc(C(C)(C)C)ccn5)c4c3)c2)c1C. The summed E-state index contributed by atoms with van der Waals surface area (Å²) in [5.41, 5.74) is 11.9. The second kappa shape index (κ2) is 11.9. The molecule has 5 heteroatoms. The van der Waals surface area contributed by atoms with Crippen LogP contribution in [0.25, 0.3) is 44.4 Å². The summed E-state index contributed by atoms with van der Waals surface area (Å²) in [6, 6.07) is 34.0. The Hall–Kier alpha value is -5.16. The lowest BCUT2D eigenvalue weighted by Gasteiger charge is -2.20. The lowest BCUT2D eigenvalue weighted by atomic mass is 9.88. The topological polar surface area (TPSA) is 44.9 Å². The minimum Gasteiger partial charge on any atom is -0.457 e. The van der Waals surface area contributed by atoms with Crippen LogP contribution in [0, 0.1) is 13.8 Å². The Bertz CT molecular complexity index is 2240. The van der Waals surface area contributed by atoms with Gasteiger partial charge in [-0.2, -0.15) is 5.10 Å². The molecule has 0 atom stereocenters. The average molecular weight is 619 g/mol. The van der Waals surface area contributed by atoms with Crippen LogP contribution in [0.1, 0.15) is 62.7 Å². The molecule has 3 aromatic heterocycles. The van der Waals surface area contributed by atoms with Crippen molar-refractivity contribution < 1.29 is 4.74 Å². The smallest absolute Gasteiger partial charge is 0.137 e. The molecule has 0 fully saturated rings. The molecule has 236 valence electrons. The van der Waals surface area contributed by atoms with Crippen LogP contribution in [-0.4, -0.2) is 19.3 Å². The van der Waals surface area contributed by atoms with Crippen molar-refractivity contribution >= 4 is 21.8 Å². The number of hydrogen-bond donors (Lipinski definition) is 0. The quantitative estimate of drug-likeness (QED) is 0.178. The fourth-order valence-electron chi connectivity index (χ4n) is 6.90. The number of pyridine rings is 1. The lowest BCUT2D eigenvalue weighted by Crippen LogP contribution is -2.12. The second-order valence-electron chi connectivity index (χ2n) is 13.4. The van der Waals surface area contributed by atoms with E-state index in [4.69, 9.17) is 14.8 Å². The van der Waals surface area contributed by atoms with Gasteiger partial charge < -0.3 is 4.74 Å². The Morgan fingerprint density at radius 1 is 0.681 bits per heavy atom. The molecule has 0 N–H and O–H groups in total. The predicted octanol–water partition coefficient (Wildman–Crippen LogP) is 10.9. The van der Waals surface area contributed by atoms with Gasteiger partial charge in [-0.3, -0.25) is 4.57 Å². The van der Waals surface area contributed by atoms with E-state index in [2.05, 4.69) is 143 Å². The largest absolute Gasteiger partial charge is 0.457 e. The molecular weight excluding hydrogens is 576 g/mol. The molecule has 0 aliphatic rings. The molecule has 0 radical (unpaired) electrons. The third-order valence-electron chi connectivity index (χ3n) is 9.32. The Morgan fingerprint density at radius 2 is 1.38 bits per heavy atom. The van der Waals surface area contributed by atoms with E-state index in [0.717, 1.165) is 58.3 Å². The number of hydrogen-bond acceptors (Lipinski definition) is 3. The van der Waals surface area contributed by atoms with Gasteiger partial charge >= 0.3 is 0 Å². The first-order chi connectivity index (χ1) is 22.7. The molecule has 47 heavy (non-hydrogen) atoms. The highest BCUT2D eigenvalue weighted by molar-refractivity contribution is 6.09. The third kappa shape index (κ3) is 5.40. The van der Waals surface area contributed by atoms with Crippen molar-refractivity contribution in [3.05, 3.63) is 131 Å². The Morgan fingerprint density at radius 3 is 2.13 bits per heavy atom. The molecule has 0 amide bonds. The number of aromatic nitrogens is 4. The van der Waals surface area contributed by atoms with Gasteiger partial charge in [0.25, 0.3) is 0 Å². The van der Waals surface area contributed by atoms with Crippen molar-refractivity contribution in [3.63, 3.8) is 0 Å². The molecule has 4 aromatic carbocycles.